The lowest BCUT2D eigenvalue weighted by Gasteiger charge is -2.17. The highest BCUT2D eigenvalue weighted by molar-refractivity contribution is 6.30. The molecule has 0 aliphatic carbocycles. The number of H-pyrrole nitrogens is 1. The van der Waals surface area contributed by atoms with E-state index in [0.29, 0.717) is 27.8 Å². The van der Waals surface area contributed by atoms with E-state index in [-0.39, 0.29) is 18.7 Å². The van der Waals surface area contributed by atoms with Crippen LogP contribution >= 0.6 is 11.6 Å². The second-order valence-electron chi connectivity index (χ2n) is 8.72. The summed E-state index contributed by atoms with van der Waals surface area (Å²) >= 11 is 5.97. The molecular weight excluding hydrogens is 484 g/mol. The Morgan fingerprint density at radius 3 is 2.58 bits per heavy atom. The molecular formula is C28H22ClF2N3O2. The molecule has 0 saturated carbocycles. The number of carbonyl (C=O) groups is 1. The van der Waals surface area contributed by atoms with Gasteiger partial charge in [-0.15, -0.1) is 0 Å². The van der Waals surface area contributed by atoms with E-state index in [4.69, 9.17) is 16.0 Å². The third-order valence-electron chi connectivity index (χ3n) is 5.93. The lowest BCUT2D eigenvalue weighted by Crippen LogP contribution is -2.31. The zero-order chi connectivity index (χ0) is 25.2. The summed E-state index contributed by atoms with van der Waals surface area (Å²) in [4.78, 5) is 20.6. The van der Waals surface area contributed by atoms with E-state index in [9.17, 15) is 13.6 Å². The molecule has 0 aliphatic heterocycles. The Bertz CT molecular complexity index is 1520. The molecule has 1 atom stereocenters. The average Bonchev–Trinajstić information content (AvgIpc) is 3.46. The molecule has 2 heterocycles. The predicted octanol–water partition coefficient (Wildman–Crippen LogP) is 6.71. The Balaban J connectivity index is 1.42. The van der Waals surface area contributed by atoms with E-state index in [1.165, 1.54) is 18.3 Å². The monoisotopic (exact) mass is 505 g/mol. The van der Waals surface area contributed by atoms with Crippen LogP contribution in [0.4, 0.5) is 8.78 Å². The van der Waals surface area contributed by atoms with Crippen LogP contribution in [0.25, 0.3) is 22.4 Å². The van der Waals surface area contributed by atoms with Crippen LogP contribution in [0.2, 0.25) is 5.02 Å². The first-order chi connectivity index (χ1) is 17.3. The zero-order valence-corrected chi connectivity index (χ0v) is 20.1. The lowest BCUT2D eigenvalue weighted by molar-refractivity contribution is -0.121. The van der Waals surface area contributed by atoms with Crippen LogP contribution in [0.1, 0.15) is 28.5 Å². The molecule has 182 valence electrons. The molecule has 1 unspecified atom stereocenters. The van der Waals surface area contributed by atoms with Gasteiger partial charge < -0.3 is 14.7 Å². The molecule has 5 nitrogen and oxygen atoms in total. The fourth-order valence-corrected chi connectivity index (χ4v) is 4.34. The van der Waals surface area contributed by atoms with Crippen molar-refractivity contribution in [2.45, 2.75) is 25.8 Å². The molecule has 5 rings (SSSR count). The van der Waals surface area contributed by atoms with Crippen molar-refractivity contribution < 1.29 is 18.0 Å². The van der Waals surface area contributed by atoms with Crippen molar-refractivity contribution in [3.63, 3.8) is 0 Å². The van der Waals surface area contributed by atoms with Crippen LogP contribution < -0.4 is 5.32 Å². The molecule has 36 heavy (non-hydrogen) atoms. The van der Waals surface area contributed by atoms with Gasteiger partial charge in [-0.05, 0) is 66.6 Å². The van der Waals surface area contributed by atoms with Gasteiger partial charge in [-0.2, -0.15) is 0 Å². The highest BCUT2D eigenvalue weighted by Gasteiger charge is 2.22. The van der Waals surface area contributed by atoms with Crippen molar-refractivity contribution in [1.82, 2.24) is 15.3 Å². The Kier molecular flexibility index (Phi) is 6.57. The second-order valence-corrected chi connectivity index (χ2v) is 9.15. The quantitative estimate of drug-likeness (QED) is 0.258. The first-order valence-corrected chi connectivity index (χ1v) is 11.7. The maximum Gasteiger partial charge on any atom is 0.226 e. The number of amides is 1. The number of rotatable bonds is 7. The Hall–Kier alpha value is -3.97. The minimum atomic E-state index is -0.695. The van der Waals surface area contributed by atoms with Gasteiger partial charge in [0.05, 0.1) is 18.7 Å². The Labute approximate surface area is 211 Å². The number of benzene rings is 3. The number of oxazole rings is 1. The molecule has 0 saturated heterocycles. The van der Waals surface area contributed by atoms with Crippen molar-refractivity contribution in [3.05, 3.63) is 112 Å². The number of nitrogens with zero attached hydrogens (tertiary/aromatic N) is 1. The van der Waals surface area contributed by atoms with Crippen molar-refractivity contribution in [2.24, 2.45) is 0 Å². The number of nitrogens with one attached hydrogen (secondary N) is 2. The van der Waals surface area contributed by atoms with Crippen LogP contribution in [0.15, 0.2) is 77.5 Å². The average molecular weight is 506 g/mol. The summed E-state index contributed by atoms with van der Waals surface area (Å²) in [6.07, 6.45) is 3.56. The zero-order valence-electron chi connectivity index (χ0n) is 19.3. The maximum atomic E-state index is 13.9. The molecule has 0 spiro atoms. The molecule has 2 N–H and O–H groups in total. The van der Waals surface area contributed by atoms with E-state index in [1.807, 2.05) is 31.3 Å². The minimum absolute atomic E-state index is 0.114. The number of aromatic amines is 1. The standard InChI is InChI=1S/C28H22ClF2N3O2/c1-16-2-7-24-23(8-16)19(14-32-24)12-27(35)34-25(11-17-9-21(30)13-22(31)10-17)26-15-33-28(36-26)18-3-5-20(29)6-4-18/h2-10,13-15,25,32H,11-12H2,1H3,(H,34,35). The smallest absolute Gasteiger partial charge is 0.226 e. The van der Waals surface area contributed by atoms with Crippen molar-refractivity contribution in [3.8, 4) is 11.5 Å². The number of hydrogen-bond donors (Lipinski definition) is 2. The first-order valence-electron chi connectivity index (χ1n) is 11.4. The molecule has 0 bridgehead atoms. The SMILES string of the molecule is Cc1ccc2[nH]cc(CC(=O)NC(Cc3cc(F)cc(F)c3)c3cnc(-c4ccc(Cl)cc4)o3)c2c1. The van der Waals surface area contributed by atoms with E-state index >= 15 is 0 Å². The summed E-state index contributed by atoms with van der Waals surface area (Å²) in [7, 11) is 0. The van der Waals surface area contributed by atoms with Crippen LogP contribution in [-0.4, -0.2) is 15.9 Å². The van der Waals surface area contributed by atoms with E-state index in [1.54, 1.807) is 24.3 Å². The summed E-state index contributed by atoms with van der Waals surface area (Å²) in [5, 5.41) is 4.51. The largest absolute Gasteiger partial charge is 0.439 e. The number of carbonyl (C=O) groups excluding carboxylic acids is 1. The first kappa shape index (κ1) is 23.8. The number of halogens is 3. The van der Waals surface area contributed by atoms with Gasteiger partial charge >= 0.3 is 0 Å². The molecule has 2 aromatic heterocycles. The van der Waals surface area contributed by atoms with Crippen molar-refractivity contribution >= 4 is 28.4 Å². The molecule has 0 radical (unpaired) electrons. The van der Waals surface area contributed by atoms with E-state index in [2.05, 4.69) is 15.3 Å². The van der Waals surface area contributed by atoms with Crippen LogP contribution in [0, 0.1) is 18.6 Å². The van der Waals surface area contributed by atoms with Gasteiger partial charge in [-0.3, -0.25) is 4.79 Å². The molecule has 5 aromatic rings. The van der Waals surface area contributed by atoms with Crippen LogP contribution in [0.5, 0.6) is 0 Å². The molecule has 1 amide bonds. The minimum Gasteiger partial charge on any atom is -0.439 e. The third kappa shape index (κ3) is 5.31. The van der Waals surface area contributed by atoms with Gasteiger partial charge in [0.15, 0.2) is 0 Å². The summed E-state index contributed by atoms with van der Waals surface area (Å²) < 4.78 is 33.7. The Morgan fingerprint density at radius 2 is 1.83 bits per heavy atom. The third-order valence-corrected chi connectivity index (χ3v) is 6.18. The topological polar surface area (TPSA) is 70.9 Å². The number of fused-ring (bicyclic) bond motifs is 1. The van der Waals surface area contributed by atoms with Crippen molar-refractivity contribution in [1.29, 1.82) is 0 Å². The van der Waals surface area contributed by atoms with Gasteiger partial charge in [0.25, 0.3) is 0 Å². The maximum absolute atomic E-state index is 13.9. The fourth-order valence-electron chi connectivity index (χ4n) is 4.22. The van der Waals surface area contributed by atoms with Crippen molar-refractivity contribution in [2.75, 3.05) is 0 Å². The van der Waals surface area contributed by atoms with Gasteiger partial charge in [-0.1, -0.05) is 23.2 Å². The summed E-state index contributed by atoms with van der Waals surface area (Å²) in [6, 6.07) is 15.6. The molecule has 0 aliphatic rings. The molecule has 8 heteroatoms. The van der Waals surface area contributed by atoms with Gasteiger partial charge in [0.1, 0.15) is 17.4 Å². The number of aromatic nitrogens is 2. The summed E-state index contributed by atoms with van der Waals surface area (Å²) in [6.45, 7) is 1.99. The second kappa shape index (κ2) is 9.95. The number of aryl methyl sites for hydroxylation is 1. The highest BCUT2D eigenvalue weighted by atomic mass is 35.5. The van der Waals surface area contributed by atoms with Gasteiger partial charge in [-0.25, -0.2) is 13.8 Å². The van der Waals surface area contributed by atoms with Gasteiger partial charge in [0.2, 0.25) is 11.8 Å². The molecule has 0 fully saturated rings. The predicted molar refractivity (Wildman–Crippen MR) is 135 cm³/mol. The highest BCUT2D eigenvalue weighted by Crippen LogP contribution is 2.27. The fraction of sp³-hybridized carbons (Fsp3) is 0.143. The van der Waals surface area contributed by atoms with Gasteiger partial charge in [0, 0.05) is 40.2 Å². The van der Waals surface area contributed by atoms with Crippen LogP contribution in [-0.2, 0) is 17.6 Å². The lowest BCUT2D eigenvalue weighted by atomic mass is 10.0. The van der Waals surface area contributed by atoms with E-state index < -0.39 is 17.7 Å². The summed E-state index contributed by atoms with van der Waals surface area (Å²) in [5.41, 5.74) is 3.97. The molecule has 3 aromatic carbocycles. The normalized spacial score (nSPS) is 12.1. The van der Waals surface area contributed by atoms with Crippen LogP contribution in [0.3, 0.4) is 0 Å². The summed E-state index contributed by atoms with van der Waals surface area (Å²) in [5.74, 6) is -0.928. The van der Waals surface area contributed by atoms with E-state index in [0.717, 1.165) is 28.1 Å². The number of hydrogen-bond acceptors (Lipinski definition) is 3. The Morgan fingerprint density at radius 1 is 1.08 bits per heavy atom.